The van der Waals surface area contributed by atoms with Crippen molar-refractivity contribution in [1.29, 1.82) is 0 Å². The van der Waals surface area contributed by atoms with E-state index in [1.54, 1.807) is 28.2 Å². The maximum Gasteiger partial charge on any atom is 0.308 e. The summed E-state index contributed by atoms with van der Waals surface area (Å²) in [6.07, 6.45) is 7.92. The molecule has 24 heavy (non-hydrogen) atoms. The second kappa shape index (κ2) is 6.82. The highest BCUT2D eigenvalue weighted by atomic mass is 16.4. The predicted octanol–water partition coefficient (Wildman–Crippen LogP) is 1.07. The summed E-state index contributed by atoms with van der Waals surface area (Å²) in [7, 11) is 1.84. The maximum absolute atomic E-state index is 12.5. The number of aryl methyl sites for hydroxylation is 2. The fourth-order valence-electron chi connectivity index (χ4n) is 3.22. The lowest BCUT2D eigenvalue weighted by atomic mass is 9.90. The zero-order chi connectivity index (χ0) is 17.1. The second-order valence-corrected chi connectivity index (χ2v) is 6.15. The number of likely N-dealkylation sites (tertiary alicyclic amines) is 1. The van der Waals surface area contributed by atoms with E-state index < -0.39 is 11.9 Å². The van der Waals surface area contributed by atoms with Gasteiger partial charge < -0.3 is 10.0 Å². The van der Waals surface area contributed by atoms with E-state index >= 15 is 0 Å². The average molecular weight is 328 g/mol. The quantitative estimate of drug-likeness (QED) is 0.887. The van der Waals surface area contributed by atoms with Crippen molar-refractivity contribution in [2.75, 3.05) is 13.1 Å². The molecule has 1 saturated heterocycles. The molecular weight excluding hydrogens is 308 g/mol. The lowest BCUT2D eigenvalue weighted by molar-refractivity contribution is -0.141. The van der Waals surface area contributed by atoms with E-state index in [2.05, 4.69) is 10.1 Å². The van der Waals surface area contributed by atoms with Crippen LogP contribution < -0.4 is 0 Å². The fraction of sp³-hybridized carbons (Fsp3) is 0.412. The van der Waals surface area contributed by atoms with Crippen LogP contribution in [0.15, 0.2) is 36.9 Å². The summed E-state index contributed by atoms with van der Waals surface area (Å²) in [6.45, 7) is 0.695. The summed E-state index contributed by atoms with van der Waals surface area (Å²) >= 11 is 0. The van der Waals surface area contributed by atoms with Gasteiger partial charge in [0.2, 0.25) is 5.91 Å². The van der Waals surface area contributed by atoms with Crippen LogP contribution in [-0.2, 0) is 23.1 Å². The molecule has 1 N–H and O–H groups in total. The number of carboxylic acids is 1. The van der Waals surface area contributed by atoms with Crippen molar-refractivity contribution in [3.63, 3.8) is 0 Å². The molecular formula is C17H20N4O3. The molecule has 0 aromatic carbocycles. The Morgan fingerprint density at radius 3 is 2.67 bits per heavy atom. The molecule has 2 aromatic rings. The van der Waals surface area contributed by atoms with Crippen molar-refractivity contribution in [2.24, 2.45) is 13.0 Å². The first-order valence-electron chi connectivity index (χ1n) is 7.92. The average Bonchev–Trinajstić information content (AvgIpc) is 3.20. The zero-order valence-corrected chi connectivity index (χ0v) is 13.5. The Morgan fingerprint density at radius 1 is 1.29 bits per heavy atom. The molecule has 0 aliphatic carbocycles. The van der Waals surface area contributed by atoms with Crippen LogP contribution in [0.3, 0.4) is 0 Å². The molecule has 1 aliphatic heterocycles. The van der Waals surface area contributed by atoms with Gasteiger partial charge in [-0.1, -0.05) is 0 Å². The Morgan fingerprint density at radius 2 is 2.04 bits per heavy atom. The molecule has 2 unspecified atom stereocenters. The third-order valence-corrected chi connectivity index (χ3v) is 4.51. The van der Waals surface area contributed by atoms with Gasteiger partial charge in [0.25, 0.3) is 0 Å². The number of aliphatic carboxylic acids is 1. The minimum Gasteiger partial charge on any atom is -0.481 e. The second-order valence-electron chi connectivity index (χ2n) is 6.15. The molecule has 2 aromatic heterocycles. The number of pyridine rings is 1. The van der Waals surface area contributed by atoms with Crippen molar-refractivity contribution >= 4 is 11.9 Å². The van der Waals surface area contributed by atoms with E-state index in [1.165, 1.54) is 0 Å². The number of amides is 1. The van der Waals surface area contributed by atoms with Crippen LogP contribution in [0.25, 0.3) is 0 Å². The number of carboxylic acid groups (broad SMARTS) is 1. The van der Waals surface area contributed by atoms with Gasteiger partial charge in [0, 0.05) is 51.1 Å². The van der Waals surface area contributed by atoms with Crippen molar-refractivity contribution in [3.8, 4) is 0 Å². The van der Waals surface area contributed by atoms with Gasteiger partial charge in [0.1, 0.15) is 0 Å². The highest BCUT2D eigenvalue weighted by Gasteiger charge is 2.40. The molecule has 0 spiro atoms. The molecule has 7 nitrogen and oxygen atoms in total. The molecule has 1 amide bonds. The smallest absolute Gasteiger partial charge is 0.308 e. The van der Waals surface area contributed by atoms with Gasteiger partial charge >= 0.3 is 5.97 Å². The van der Waals surface area contributed by atoms with Crippen molar-refractivity contribution < 1.29 is 14.7 Å². The number of nitrogens with zero attached hydrogens (tertiary/aromatic N) is 4. The summed E-state index contributed by atoms with van der Waals surface area (Å²) in [5, 5.41) is 13.6. The number of hydrogen-bond donors (Lipinski definition) is 1. The van der Waals surface area contributed by atoms with E-state index in [-0.39, 0.29) is 18.4 Å². The van der Waals surface area contributed by atoms with Crippen LogP contribution in [0.2, 0.25) is 0 Å². The van der Waals surface area contributed by atoms with Crippen LogP contribution >= 0.6 is 0 Å². The highest BCUT2D eigenvalue weighted by molar-refractivity contribution is 5.79. The Labute approximate surface area is 139 Å². The maximum atomic E-state index is 12.5. The van der Waals surface area contributed by atoms with E-state index in [0.29, 0.717) is 19.4 Å². The van der Waals surface area contributed by atoms with Gasteiger partial charge in [-0.3, -0.25) is 19.3 Å². The van der Waals surface area contributed by atoms with Crippen LogP contribution in [-0.4, -0.2) is 49.7 Å². The largest absolute Gasteiger partial charge is 0.481 e. The molecule has 3 heterocycles. The standard InChI is InChI=1S/C17H20N4O3/c1-20-9-12(8-19-20)2-3-16(22)21-10-14(15(11-21)17(23)24)13-4-6-18-7-5-13/h4-9,14-15H,2-3,10-11H2,1H3,(H,23,24). The summed E-state index contributed by atoms with van der Waals surface area (Å²) in [6, 6.07) is 3.65. The molecule has 0 bridgehead atoms. The lowest BCUT2D eigenvalue weighted by Gasteiger charge is -2.16. The number of carbonyl (C=O) groups is 2. The zero-order valence-electron chi connectivity index (χ0n) is 13.5. The molecule has 2 atom stereocenters. The van der Waals surface area contributed by atoms with Gasteiger partial charge in [-0.2, -0.15) is 5.10 Å². The molecule has 0 radical (unpaired) electrons. The first-order valence-corrected chi connectivity index (χ1v) is 7.92. The molecule has 3 rings (SSSR count). The molecule has 7 heteroatoms. The number of aromatic nitrogens is 3. The normalized spacial score (nSPS) is 20.3. The van der Waals surface area contributed by atoms with Crippen LogP contribution in [0.5, 0.6) is 0 Å². The molecule has 0 saturated carbocycles. The minimum absolute atomic E-state index is 0.0124. The van der Waals surface area contributed by atoms with Gasteiger partial charge in [0.15, 0.2) is 0 Å². The lowest BCUT2D eigenvalue weighted by Crippen LogP contribution is -2.30. The van der Waals surface area contributed by atoms with Gasteiger partial charge in [-0.25, -0.2) is 0 Å². The molecule has 1 aliphatic rings. The third-order valence-electron chi connectivity index (χ3n) is 4.51. The number of carbonyl (C=O) groups excluding carboxylic acids is 1. The molecule has 126 valence electrons. The first kappa shape index (κ1) is 16.2. The Hall–Kier alpha value is -2.70. The van der Waals surface area contributed by atoms with Crippen LogP contribution in [0.4, 0.5) is 0 Å². The van der Waals surface area contributed by atoms with Gasteiger partial charge in [-0.05, 0) is 29.7 Å². The van der Waals surface area contributed by atoms with Crippen LogP contribution in [0.1, 0.15) is 23.5 Å². The fourth-order valence-corrected chi connectivity index (χ4v) is 3.22. The topological polar surface area (TPSA) is 88.3 Å². The summed E-state index contributed by atoms with van der Waals surface area (Å²) in [5.41, 5.74) is 1.92. The predicted molar refractivity (Wildman–Crippen MR) is 86.2 cm³/mol. The van der Waals surface area contributed by atoms with Gasteiger partial charge in [-0.15, -0.1) is 0 Å². The third kappa shape index (κ3) is 3.45. The Kier molecular flexibility index (Phi) is 4.59. The van der Waals surface area contributed by atoms with E-state index in [9.17, 15) is 14.7 Å². The van der Waals surface area contributed by atoms with Crippen LogP contribution in [0, 0.1) is 5.92 Å². The minimum atomic E-state index is -0.862. The number of rotatable bonds is 5. The van der Waals surface area contributed by atoms with E-state index in [0.717, 1.165) is 11.1 Å². The SMILES string of the molecule is Cn1cc(CCC(=O)N2CC(C(=O)O)C(c3ccncc3)C2)cn1. The van der Waals surface area contributed by atoms with Crippen molar-refractivity contribution in [2.45, 2.75) is 18.8 Å². The van der Waals surface area contributed by atoms with E-state index in [1.807, 2.05) is 25.4 Å². The summed E-state index contributed by atoms with van der Waals surface area (Å²) in [5.74, 6) is -1.64. The van der Waals surface area contributed by atoms with E-state index in [4.69, 9.17) is 0 Å². The highest BCUT2D eigenvalue weighted by Crippen LogP contribution is 2.33. The summed E-state index contributed by atoms with van der Waals surface area (Å²) in [4.78, 5) is 29.7. The number of hydrogen-bond acceptors (Lipinski definition) is 4. The van der Waals surface area contributed by atoms with Crippen molar-refractivity contribution in [3.05, 3.63) is 48.0 Å². The molecule has 1 fully saturated rings. The Balaban J connectivity index is 1.66. The summed E-state index contributed by atoms with van der Waals surface area (Å²) < 4.78 is 1.70. The monoisotopic (exact) mass is 328 g/mol. The van der Waals surface area contributed by atoms with Crippen molar-refractivity contribution in [1.82, 2.24) is 19.7 Å². The Bertz CT molecular complexity index is 728. The first-order chi connectivity index (χ1) is 11.5. The van der Waals surface area contributed by atoms with Gasteiger partial charge in [0.05, 0.1) is 12.1 Å².